The molecule has 0 bridgehead atoms. The van der Waals surface area contributed by atoms with Crippen LogP contribution < -0.4 is 5.32 Å². The number of ether oxygens (including phenoxy) is 1. The van der Waals surface area contributed by atoms with Crippen LogP contribution in [0.2, 0.25) is 0 Å². The van der Waals surface area contributed by atoms with Crippen molar-refractivity contribution in [1.82, 2.24) is 20.0 Å². The monoisotopic (exact) mass is 324 g/mol. The zero-order valence-electron chi connectivity index (χ0n) is 14.7. The number of carbonyl (C=O) groups excluding carboxylic acids is 1. The molecule has 0 aromatic heterocycles. The third kappa shape index (κ3) is 4.24. The molecule has 0 radical (unpaired) electrons. The number of amides is 1. The van der Waals surface area contributed by atoms with Gasteiger partial charge < -0.3 is 15.0 Å². The van der Waals surface area contributed by atoms with E-state index in [1.54, 1.807) is 0 Å². The number of likely N-dealkylation sites (tertiary alicyclic amines) is 1. The summed E-state index contributed by atoms with van der Waals surface area (Å²) in [7, 11) is 0. The van der Waals surface area contributed by atoms with Gasteiger partial charge in [0.2, 0.25) is 5.91 Å². The number of hydrogen-bond acceptors (Lipinski definition) is 5. The molecule has 0 saturated carbocycles. The molecule has 0 spiro atoms. The first-order chi connectivity index (χ1) is 11.1. The van der Waals surface area contributed by atoms with Crippen LogP contribution in [0.15, 0.2) is 0 Å². The van der Waals surface area contributed by atoms with E-state index in [4.69, 9.17) is 4.74 Å². The van der Waals surface area contributed by atoms with E-state index < -0.39 is 0 Å². The molecular formula is C17H32N4O2. The van der Waals surface area contributed by atoms with Crippen molar-refractivity contribution in [3.63, 3.8) is 0 Å². The average Bonchev–Trinajstić information content (AvgIpc) is 2.92. The van der Waals surface area contributed by atoms with E-state index in [2.05, 4.69) is 29.0 Å². The highest BCUT2D eigenvalue weighted by Crippen LogP contribution is 2.22. The van der Waals surface area contributed by atoms with Crippen molar-refractivity contribution in [2.45, 2.75) is 44.8 Å². The number of piperazine rings is 1. The molecule has 6 heteroatoms. The maximum absolute atomic E-state index is 12.5. The van der Waals surface area contributed by atoms with E-state index in [1.165, 1.54) is 12.8 Å². The minimum atomic E-state index is -0.137. The van der Waals surface area contributed by atoms with Gasteiger partial charge in [0.25, 0.3) is 0 Å². The molecule has 0 aromatic rings. The first-order valence-electron chi connectivity index (χ1n) is 9.23. The highest BCUT2D eigenvalue weighted by atomic mass is 16.5. The van der Waals surface area contributed by atoms with Crippen molar-refractivity contribution in [3.8, 4) is 0 Å². The highest BCUT2D eigenvalue weighted by molar-refractivity contribution is 5.82. The first kappa shape index (κ1) is 17.1. The molecule has 0 unspecified atom stereocenters. The molecule has 3 saturated heterocycles. The van der Waals surface area contributed by atoms with Crippen LogP contribution in [0, 0.1) is 0 Å². The lowest BCUT2D eigenvalue weighted by Crippen LogP contribution is -2.57. The minimum Gasteiger partial charge on any atom is -0.378 e. The van der Waals surface area contributed by atoms with Crippen LogP contribution in [-0.2, 0) is 9.53 Å². The summed E-state index contributed by atoms with van der Waals surface area (Å²) in [6.07, 6.45) is 2.67. The van der Waals surface area contributed by atoms with Crippen molar-refractivity contribution in [2.75, 3.05) is 59.0 Å². The van der Waals surface area contributed by atoms with Gasteiger partial charge in [0.1, 0.15) is 6.04 Å². The molecule has 3 heterocycles. The van der Waals surface area contributed by atoms with Gasteiger partial charge in [-0.25, -0.2) is 0 Å². The molecule has 3 aliphatic heterocycles. The summed E-state index contributed by atoms with van der Waals surface area (Å²) in [6, 6.07) is 1.32. The Kier molecular flexibility index (Phi) is 5.91. The molecule has 3 rings (SSSR count). The van der Waals surface area contributed by atoms with Crippen molar-refractivity contribution in [1.29, 1.82) is 0 Å². The van der Waals surface area contributed by atoms with Crippen LogP contribution in [0.1, 0.15) is 26.7 Å². The summed E-state index contributed by atoms with van der Waals surface area (Å²) < 4.78 is 5.40. The number of morpholine rings is 1. The van der Waals surface area contributed by atoms with E-state index in [9.17, 15) is 4.79 Å². The number of nitrogens with one attached hydrogen (secondary N) is 1. The van der Waals surface area contributed by atoms with Gasteiger partial charge in [0.15, 0.2) is 0 Å². The van der Waals surface area contributed by atoms with Crippen LogP contribution in [-0.4, -0.2) is 97.8 Å². The van der Waals surface area contributed by atoms with E-state index in [0.29, 0.717) is 13.2 Å². The van der Waals surface area contributed by atoms with E-state index in [0.717, 1.165) is 57.9 Å². The minimum absolute atomic E-state index is 0.137. The molecular weight excluding hydrogens is 292 g/mol. The van der Waals surface area contributed by atoms with Gasteiger partial charge >= 0.3 is 0 Å². The fourth-order valence-electron chi connectivity index (χ4n) is 4.08. The second-order valence-corrected chi connectivity index (χ2v) is 7.26. The predicted octanol–water partition coefficient (Wildman–Crippen LogP) is -0.00820. The van der Waals surface area contributed by atoms with Gasteiger partial charge in [-0.05, 0) is 26.7 Å². The summed E-state index contributed by atoms with van der Waals surface area (Å²) in [5, 5.41) is 3.26. The van der Waals surface area contributed by atoms with Crippen LogP contribution in [0.25, 0.3) is 0 Å². The Labute approximate surface area is 140 Å². The third-order valence-electron chi connectivity index (χ3n) is 5.71. The largest absolute Gasteiger partial charge is 0.378 e. The Morgan fingerprint density at radius 3 is 2.39 bits per heavy atom. The molecule has 23 heavy (non-hydrogen) atoms. The van der Waals surface area contributed by atoms with Gasteiger partial charge in [0.05, 0.1) is 13.2 Å². The molecule has 1 N–H and O–H groups in total. The van der Waals surface area contributed by atoms with E-state index in [-0.39, 0.29) is 11.9 Å². The third-order valence-corrected chi connectivity index (χ3v) is 5.71. The summed E-state index contributed by atoms with van der Waals surface area (Å²) in [5.74, 6) is 0.214. The molecule has 0 aromatic carbocycles. The number of nitrogens with zero attached hydrogens (tertiary/aromatic N) is 3. The number of carbonyl (C=O) groups is 1. The predicted molar refractivity (Wildman–Crippen MR) is 90.5 cm³/mol. The van der Waals surface area contributed by atoms with Gasteiger partial charge in [-0.3, -0.25) is 14.6 Å². The zero-order chi connectivity index (χ0) is 16.2. The second-order valence-electron chi connectivity index (χ2n) is 7.26. The van der Waals surface area contributed by atoms with Gasteiger partial charge in [-0.2, -0.15) is 0 Å². The highest BCUT2D eigenvalue weighted by Gasteiger charge is 2.30. The Hall–Kier alpha value is -0.690. The summed E-state index contributed by atoms with van der Waals surface area (Å²) in [6.45, 7) is 12.7. The van der Waals surface area contributed by atoms with E-state index in [1.807, 2.05) is 4.90 Å². The quantitative estimate of drug-likeness (QED) is 0.788. The zero-order valence-corrected chi connectivity index (χ0v) is 14.7. The Balaban J connectivity index is 1.39. The summed E-state index contributed by atoms with van der Waals surface area (Å²) >= 11 is 0. The summed E-state index contributed by atoms with van der Waals surface area (Å²) in [4.78, 5) is 19.6. The topological polar surface area (TPSA) is 48.0 Å². The van der Waals surface area contributed by atoms with Crippen LogP contribution in [0.4, 0.5) is 0 Å². The lowest BCUT2D eigenvalue weighted by molar-refractivity contribution is -0.138. The molecule has 132 valence electrons. The normalized spacial score (nSPS) is 34.0. The van der Waals surface area contributed by atoms with E-state index >= 15 is 0 Å². The second kappa shape index (κ2) is 7.92. The molecule has 1 amide bonds. The van der Waals surface area contributed by atoms with Crippen LogP contribution in [0.3, 0.4) is 0 Å². The molecule has 6 nitrogen and oxygen atoms in total. The first-order valence-corrected chi connectivity index (χ1v) is 9.23. The smallest absolute Gasteiger partial charge is 0.242 e. The van der Waals surface area contributed by atoms with Crippen LogP contribution in [0.5, 0.6) is 0 Å². The lowest BCUT2D eigenvalue weighted by atomic mass is 10.2. The fourth-order valence-corrected chi connectivity index (χ4v) is 4.08. The lowest BCUT2D eigenvalue weighted by Gasteiger charge is -2.38. The van der Waals surface area contributed by atoms with Gasteiger partial charge in [-0.15, -0.1) is 0 Å². The SMILES string of the molecule is C[C@@H]1CC[C@@H](C)N1CCN1CCN(C(=O)[C@H]2COCCN2)CC1. The standard InChI is InChI=1S/C17H32N4O2/c1-14-3-4-15(2)21(14)11-8-19-6-9-20(10-7-19)17(22)16-13-23-12-5-18-16/h14-16,18H,3-13H2,1-2H3/t14-,15-,16-/m1/s1. The summed E-state index contributed by atoms with van der Waals surface area (Å²) in [5.41, 5.74) is 0. The Morgan fingerprint density at radius 1 is 1.09 bits per heavy atom. The maximum atomic E-state index is 12.5. The number of rotatable bonds is 4. The number of hydrogen-bond donors (Lipinski definition) is 1. The van der Waals surface area contributed by atoms with Crippen molar-refractivity contribution in [3.05, 3.63) is 0 Å². The molecule has 3 atom stereocenters. The maximum Gasteiger partial charge on any atom is 0.242 e. The fraction of sp³-hybridized carbons (Fsp3) is 0.941. The van der Waals surface area contributed by atoms with Crippen molar-refractivity contribution < 1.29 is 9.53 Å². The molecule has 3 fully saturated rings. The van der Waals surface area contributed by atoms with Crippen molar-refractivity contribution in [2.24, 2.45) is 0 Å². The Morgan fingerprint density at radius 2 is 1.78 bits per heavy atom. The van der Waals surface area contributed by atoms with Gasteiger partial charge in [0, 0.05) is 57.9 Å². The molecule has 3 aliphatic rings. The average molecular weight is 324 g/mol. The van der Waals surface area contributed by atoms with Crippen LogP contribution >= 0.6 is 0 Å². The van der Waals surface area contributed by atoms with Gasteiger partial charge in [-0.1, -0.05) is 0 Å². The van der Waals surface area contributed by atoms with Crippen molar-refractivity contribution >= 4 is 5.91 Å². The molecule has 0 aliphatic carbocycles. The Bertz CT molecular complexity index is 382.